The Morgan fingerprint density at radius 1 is 1.14 bits per heavy atom. The van der Waals surface area contributed by atoms with Gasteiger partial charge in [-0.1, -0.05) is 24.3 Å². The molecule has 21 heavy (non-hydrogen) atoms. The summed E-state index contributed by atoms with van der Waals surface area (Å²) in [6.45, 7) is 1.85. The average molecular weight is 302 g/mol. The third-order valence-corrected chi connectivity index (χ3v) is 4.54. The Bertz CT molecular complexity index is 657. The van der Waals surface area contributed by atoms with Crippen molar-refractivity contribution in [2.24, 2.45) is 0 Å². The maximum Gasteiger partial charge on any atom is 0.225 e. The lowest BCUT2D eigenvalue weighted by atomic mass is 10.1. The molecule has 0 aromatic heterocycles. The van der Waals surface area contributed by atoms with E-state index >= 15 is 0 Å². The molecule has 5 heteroatoms. The molecule has 0 spiro atoms. The van der Waals surface area contributed by atoms with Gasteiger partial charge < -0.3 is 11.1 Å². The Balaban J connectivity index is 1.91. The summed E-state index contributed by atoms with van der Waals surface area (Å²) in [6, 6.07) is 14.5. The second-order valence-corrected chi connectivity index (χ2v) is 6.25. The molecule has 0 heterocycles. The van der Waals surface area contributed by atoms with Gasteiger partial charge in [0.2, 0.25) is 5.91 Å². The molecule has 0 aliphatic rings. The summed E-state index contributed by atoms with van der Waals surface area (Å²) in [5.41, 5.74) is 7.98. The van der Waals surface area contributed by atoms with E-state index in [9.17, 15) is 9.00 Å². The number of amides is 1. The molecule has 1 atom stereocenters. The van der Waals surface area contributed by atoms with E-state index < -0.39 is 10.8 Å². The number of anilines is 2. The van der Waals surface area contributed by atoms with Crippen LogP contribution in [0.25, 0.3) is 0 Å². The van der Waals surface area contributed by atoms with E-state index in [1.807, 2.05) is 25.1 Å². The first-order valence-electron chi connectivity index (χ1n) is 6.66. The van der Waals surface area contributed by atoms with Crippen molar-refractivity contribution in [1.29, 1.82) is 0 Å². The normalized spacial score (nSPS) is 11.9. The first kappa shape index (κ1) is 15.3. The first-order valence-corrected chi connectivity index (χ1v) is 7.98. The van der Waals surface area contributed by atoms with Crippen molar-refractivity contribution in [3.8, 4) is 0 Å². The topological polar surface area (TPSA) is 72.2 Å². The molecule has 0 bridgehead atoms. The molecule has 4 nitrogen and oxygen atoms in total. The molecule has 1 amide bonds. The molecular formula is C16H18N2O2S. The van der Waals surface area contributed by atoms with Gasteiger partial charge in [-0.25, -0.2) is 0 Å². The van der Waals surface area contributed by atoms with Crippen LogP contribution in [0.4, 0.5) is 11.4 Å². The van der Waals surface area contributed by atoms with Gasteiger partial charge in [-0.05, 0) is 36.8 Å². The molecule has 0 saturated carbocycles. The van der Waals surface area contributed by atoms with Crippen molar-refractivity contribution in [3.63, 3.8) is 0 Å². The van der Waals surface area contributed by atoms with Gasteiger partial charge in [0.15, 0.2) is 0 Å². The quantitative estimate of drug-likeness (QED) is 0.834. The van der Waals surface area contributed by atoms with E-state index in [0.717, 1.165) is 10.5 Å². The third kappa shape index (κ3) is 4.16. The van der Waals surface area contributed by atoms with Gasteiger partial charge >= 0.3 is 0 Å². The van der Waals surface area contributed by atoms with Crippen LogP contribution in [0.5, 0.6) is 0 Å². The van der Waals surface area contributed by atoms with Crippen LogP contribution >= 0.6 is 0 Å². The van der Waals surface area contributed by atoms with Crippen LogP contribution in [-0.4, -0.2) is 15.9 Å². The van der Waals surface area contributed by atoms with Crippen LogP contribution in [0.2, 0.25) is 0 Å². The second-order valence-electron chi connectivity index (χ2n) is 4.68. The highest BCUT2D eigenvalue weighted by Gasteiger charge is 2.09. The first-order chi connectivity index (χ1) is 10.1. The van der Waals surface area contributed by atoms with Gasteiger partial charge in [0.05, 0.1) is 10.8 Å². The number of hydrogen-bond donors (Lipinski definition) is 2. The van der Waals surface area contributed by atoms with E-state index in [4.69, 9.17) is 5.73 Å². The number of nitrogen functional groups attached to an aromatic ring is 1. The Morgan fingerprint density at radius 3 is 2.57 bits per heavy atom. The third-order valence-electron chi connectivity index (χ3n) is 3.17. The number of rotatable bonds is 5. The Labute approximate surface area is 126 Å². The molecule has 0 aliphatic heterocycles. The summed E-state index contributed by atoms with van der Waals surface area (Å²) in [7, 11) is -1.16. The molecule has 0 saturated heterocycles. The van der Waals surface area contributed by atoms with Gasteiger partial charge in [0.25, 0.3) is 0 Å². The van der Waals surface area contributed by atoms with Gasteiger partial charge in [-0.15, -0.1) is 0 Å². The lowest BCUT2D eigenvalue weighted by Gasteiger charge is -2.10. The summed E-state index contributed by atoms with van der Waals surface area (Å²) in [5, 5.41) is 2.80. The Morgan fingerprint density at radius 2 is 1.86 bits per heavy atom. The fourth-order valence-electron chi connectivity index (χ4n) is 1.88. The van der Waals surface area contributed by atoms with E-state index in [0.29, 0.717) is 17.1 Å². The van der Waals surface area contributed by atoms with Crippen LogP contribution < -0.4 is 11.1 Å². The number of hydrogen-bond acceptors (Lipinski definition) is 3. The van der Waals surface area contributed by atoms with Gasteiger partial charge in [0.1, 0.15) is 0 Å². The van der Waals surface area contributed by atoms with E-state index in [-0.39, 0.29) is 12.3 Å². The van der Waals surface area contributed by atoms with Crippen molar-refractivity contribution >= 4 is 28.1 Å². The van der Waals surface area contributed by atoms with Gasteiger partial charge in [-0.2, -0.15) is 0 Å². The molecule has 2 aromatic carbocycles. The molecule has 0 aliphatic carbocycles. The summed E-state index contributed by atoms with van der Waals surface area (Å²) in [4.78, 5) is 12.7. The number of nitrogens with one attached hydrogen (secondary N) is 1. The van der Waals surface area contributed by atoms with Gasteiger partial charge in [0, 0.05) is 28.4 Å². The van der Waals surface area contributed by atoms with E-state index in [1.54, 1.807) is 30.3 Å². The minimum absolute atomic E-state index is 0.159. The molecule has 2 aromatic rings. The zero-order valence-corrected chi connectivity index (χ0v) is 12.7. The fraction of sp³-hybridized carbons (Fsp3) is 0.188. The number of carbonyl (C=O) groups excluding carboxylic acids is 1. The fourth-order valence-corrected chi connectivity index (χ4v) is 2.94. The SMILES string of the molecule is Cc1c(N)cccc1NC(=O)CCS(=O)c1ccccc1. The standard InChI is InChI=1S/C16H18N2O2S/c1-12-14(17)8-5-9-15(12)18-16(19)10-11-21(20)13-6-3-2-4-7-13/h2-9H,10-11,17H2,1H3,(H,18,19). The predicted octanol–water partition coefficient (Wildman–Crippen LogP) is 2.71. The summed E-state index contributed by atoms with van der Waals surface area (Å²) < 4.78 is 12.0. The number of nitrogens with two attached hydrogens (primary N) is 1. The maximum atomic E-state index is 12.0. The molecule has 3 N–H and O–H groups in total. The van der Waals surface area contributed by atoms with Crippen LogP contribution in [0, 0.1) is 6.92 Å². The number of carbonyl (C=O) groups is 1. The minimum Gasteiger partial charge on any atom is -0.398 e. The van der Waals surface area contributed by atoms with Crippen LogP contribution in [0.15, 0.2) is 53.4 Å². The van der Waals surface area contributed by atoms with Crippen molar-refractivity contribution in [2.75, 3.05) is 16.8 Å². The highest BCUT2D eigenvalue weighted by Crippen LogP contribution is 2.20. The molecule has 0 radical (unpaired) electrons. The largest absolute Gasteiger partial charge is 0.398 e. The lowest BCUT2D eigenvalue weighted by Crippen LogP contribution is -2.15. The molecule has 2 rings (SSSR count). The van der Waals surface area contributed by atoms with E-state index in [2.05, 4.69) is 5.32 Å². The zero-order valence-electron chi connectivity index (χ0n) is 11.8. The molecule has 110 valence electrons. The monoisotopic (exact) mass is 302 g/mol. The highest BCUT2D eigenvalue weighted by atomic mass is 32.2. The smallest absolute Gasteiger partial charge is 0.225 e. The van der Waals surface area contributed by atoms with Crippen LogP contribution in [-0.2, 0) is 15.6 Å². The lowest BCUT2D eigenvalue weighted by molar-refractivity contribution is -0.115. The van der Waals surface area contributed by atoms with Crippen LogP contribution in [0.3, 0.4) is 0 Å². The zero-order chi connectivity index (χ0) is 15.2. The van der Waals surface area contributed by atoms with Crippen molar-refractivity contribution in [2.45, 2.75) is 18.2 Å². The molecular weight excluding hydrogens is 284 g/mol. The van der Waals surface area contributed by atoms with Gasteiger partial charge in [-0.3, -0.25) is 9.00 Å². The Hall–Kier alpha value is -2.14. The van der Waals surface area contributed by atoms with Crippen molar-refractivity contribution in [3.05, 3.63) is 54.1 Å². The highest BCUT2D eigenvalue weighted by molar-refractivity contribution is 7.85. The summed E-state index contributed by atoms with van der Waals surface area (Å²) >= 11 is 0. The minimum atomic E-state index is -1.16. The summed E-state index contributed by atoms with van der Waals surface area (Å²) in [6.07, 6.45) is 0.204. The average Bonchev–Trinajstić information content (AvgIpc) is 2.50. The molecule has 1 unspecified atom stereocenters. The summed E-state index contributed by atoms with van der Waals surface area (Å²) in [5.74, 6) is 0.144. The second kappa shape index (κ2) is 7.04. The maximum absolute atomic E-state index is 12.0. The number of benzene rings is 2. The van der Waals surface area contributed by atoms with Crippen molar-refractivity contribution < 1.29 is 9.00 Å². The van der Waals surface area contributed by atoms with Crippen LogP contribution in [0.1, 0.15) is 12.0 Å². The van der Waals surface area contributed by atoms with Crippen molar-refractivity contribution in [1.82, 2.24) is 0 Å². The van der Waals surface area contributed by atoms with E-state index in [1.165, 1.54) is 0 Å². The predicted molar refractivity (Wildman–Crippen MR) is 86.6 cm³/mol. The Kier molecular flexibility index (Phi) is 5.11. The molecule has 0 fully saturated rings.